The van der Waals surface area contributed by atoms with E-state index in [4.69, 9.17) is 17.2 Å². The van der Waals surface area contributed by atoms with E-state index in [1.807, 2.05) is 43.3 Å². The van der Waals surface area contributed by atoms with Crippen molar-refractivity contribution >= 4 is 57.4 Å². The van der Waals surface area contributed by atoms with Gasteiger partial charge in [0.25, 0.3) is 17.0 Å². The van der Waals surface area contributed by atoms with Crippen LogP contribution in [0.5, 0.6) is 0 Å². The average Bonchev–Trinajstić information content (AvgIpc) is 3.37. The second-order valence-electron chi connectivity index (χ2n) is 11.1. The Morgan fingerprint density at radius 3 is 2.43 bits per heavy atom. The Kier molecular flexibility index (Phi) is 7.40. The number of fused-ring (bicyclic) bond motifs is 1. The van der Waals surface area contributed by atoms with Crippen molar-refractivity contribution in [3.8, 4) is 5.69 Å². The molecule has 6 rings (SSSR count). The number of benzene rings is 1. The minimum absolute atomic E-state index is 0.185. The van der Waals surface area contributed by atoms with E-state index in [2.05, 4.69) is 12.2 Å². The molecule has 11 heteroatoms. The zero-order chi connectivity index (χ0) is 29.7. The molecule has 1 saturated carbocycles. The van der Waals surface area contributed by atoms with Crippen LogP contribution in [0.2, 0.25) is 0 Å². The number of nitrogens with zero attached hydrogens (tertiary/aromatic N) is 5. The van der Waals surface area contributed by atoms with Gasteiger partial charge in [-0.05, 0) is 75.3 Å². The van der Waals surface area contributed by atoms with Gasteiger partial charge >= 0.3 is 0 Å². The van der Waals surface area contributed by atoms with Crippen LogP contribution in [0.4, 0.5) is 11.5 Å². The molecule has 4 heterocycles. The SMILES string of the molecule is Cc1cccn2c(=O)c(/C=C3/SC(=S)N(c4c(C)n(C)n(-c5ccccc5)c4=O)C3=O)c(NC3CCC(C)CC3)nc12. The Morgan fingerprint density at radius 2 is 1.71 bits per heavy atom. The number of nitrogens with one attached hydrogen (secondary N) is 1. The largest absolute Gasteiger partial charge is 0.367 e. The Morgan fingerprint density at radius 1 is 1.00 bits per heavy atom. The second-order valence-corrected chi connectivity index (χ2v) is 12.8. The lowest BCUT2D eigenvalue weighted by atomic mass is 9.87. The number of aryl methyl sites for hydroxylation is 1. The van der Waals surface area contributed by atoms with Gasteiger partial charge in [-0.15, -0.1) is 0 Å². The second kappa shape index (κ2) is 11.0. The smallest absolute Gasteiger partial charge is 0.296 e. The Hall–Kier alpha value is -3.96. The molecule has 1 aromatic carbocycles. The Labute approximate surface area is 252 Å². The third-order valence-electron chi connectivity index (χ3n) is 8.26. The average molecular weight is 601 g/mol. The molecule has 42 heavy (non-hydrogen) atoms. The third kappa shape index (κ3) is 4.80. The molecule has 9 nitrogen and oxygen atoms in total. The van der Waals surface area contributed by atoms with Crippen LogP contribution in [0.25, 0.3) is 17.4 Å². The van der Waals surface area contributed by atoms with Crippen LogP contribution in [-0.2, 0) is 11.8 Å². The van der Waals surface area contributed by atoms with E-state index in [9.17, 15) is 14.4 Å². The summed E-state index contributed by atoms with van der Waals surface area (Å²) in [5.74, 6) is 0.693. The van der Waals surface area contributed by atoms with Gasteiger partial charge in [-0.25, -0.2) is 9.67 Å². The fourth-order valence-corrected chi connectivity index (χ4v) is 7.01. The normalized spacial score (nSPS) is 20.2. The van der Waals surface area contributed by atoms with E-state index in [-0.39, 0.29) is 32.1 Å². The number of carbonyl (C=O) groups excluding carboxylic acids is 1. The molecule has 1 N–H and O–H groups in total. The molecule has 3 aromatic heterocycles. The lowest BCUT2D eigenvalue weighted by Gasteiger charge is -2.28. The topological polar surface area (TPSA) is 93.6 Å². The maximum absolute atomic E-state index is 13.9. The summed E-state index contributed by atoms with van der Waals surface area (Å²) in [7, 11) is 1.77. The van der Waals surface area contributed by atoms with Crippen LogP contribution in [0, 0.1) is 19.8 Å². The predicted octanol–water partition coefficient (Wildman–Crippen LogP) is 5.20. The maximum Gasteiger partial charge on any atom is 0.296 e. The molecule has 0 radical (unpaired) electrons. The van der Waals surface area contributed by atoms with Crippen molar-refractivity contribution in [1.82, 2.24) is 18.7 Å². The van der Waals surface area contributed by atoms with Crippen LogP contribution in [-0.4, -0.2) is 35.0 Å². The fourth-order valence-electron chi connectivity index (χ4n) is 5.75. The van der Waals surface area contributed by atoms with Gasteiger partial charge in [0.1, 0.15) is 17.2 Å². The van der Waals surface area contributed by atoms with Crippen LogP contribution in [0.1, 0.15) is 49.4 Å². The Bertz CT molecular complexity index is 1880. The minimum atomic E-state index is -0.442. The van der Waals surface area contributed by atoms with Gasteiger partial charge in [0.2, 0.25) is 0 Å². The highest BCUT2D eigenvalue weighted by Gasteiger charge is 2.38. The number of pyridine rings is 1. The first kappa shape index (κ1) is 28.2. The van der Waals surface area contributed by atoms with E-state index < -0.39 is 5.91 Å². The molecule has 1 amide bonds. The first-order valence-electron chi connectivity index (χ1n) is 14.1. The number of amides is 1. The number of hydrogen-bond acceptors (Lipinski definition) is 7. The number of thioether (sulfide) groups is 1. The van der Waals surface area contributed by atoms with Gasteiger partial charge in [0, 0.05) is 19.3 Å². The summed E-state index contributed by atoms with van der Waals surface area (Å²) in [6, 6.07) is 13.2. The van der Waals surface area contributed by atoms with Crippen molar-refractivity contribution in [3.63, 3.8) is 0 Å². The maximum atomic E-state index is 13.9. The molecule has 1 aliphatic carbocycles. The van der Waals surface area contributed by atoms with Crippen molar-refractivity contribution in [3.05, 3.63) is 91.1 Å². The number of thiocarbonyl (C=S) groups is 1. The van der Waals surface area contributed by atoms with Gasteiger partial charge in [0.05, 0.1) is 21.8 Å². The van der Waals surface area contributed by atoms with Gasteiger partial charge in [0.15, 0.2) is 4.32 Å². The summed E-state index contributed by atoms with van der Waals surface area (Å²) >= 11 is 6.72. The number of anilines is 2. The third-order valence-corrected chi connectivity index (χ3v) is 9.56. The molecular formula is C31H32N6O3S2. The highest BCUT2D eigenvalue weighted by molar-refractivity contribution is 8.27. The molecule has 1 saturated heterocycles. The van der Waals surface area contributed by atoms with Crippen LogP contribution >= 0.6 is 24.0 Å². The van der Waals surface area contributed by atoms with Crippen molar-refractivity contribution in [1.29, 1.82) is 0 Å². The summed E-state index contributed by atoms with van der Waals surface area (Å²) in [5, 5.41) is 3.53. The summed E-state index contributed by atoms with van der Waals surface area (Å²) in [6.07, 6.45) is 7.44. The summed E-state index contributed by atoms with van der Waals surface area (Å²) in [4.78, 5) is 47.8. The quantitative estimate of drug-likeness (QED) is 0.249. The zero-order valence-corrected chi connectivity index (χ0v) is 25.6. The molecule has 216 valence electrons. The Balaban J connectivity index is 1.44. The first-order chi connectivity index (χ1) is 20.2. The van der Waals surface area contributed by atoms with E-state index in [1.54, 1.807) is 37.0 Å². The number of hydrogen-bond donors (Lipinski definition) is 1. The van der Waals surface area contributed by atoms with Gasteiger partial charge < -0.3 is 5.32 Å². The van der Waals surface area contributed by atoms with Crippen molar-refractivity contribution in [2.75, 3.05) is 10.2 Å². The number of carbonyl (C=O) groups is 1. The van der Waals surface area contributed by atoms with Crippen molar-refractivity contribution in [2.24, 2.45) is 13.0 Å². The van der Waals surface area contributed by atoms with E-state index in [0.29, 0.717) is 34.3 Å². The van der Waals surface area contributed by atoms with Crippen LogP contribution in [0.3, 0.4) is 0 Å². The number of para-hydroxylation sites is 1. The van der Waals surface area contributed by atoms with Crippen molar-refractivity contribution < 1.29 is 4.79 Å². The van der Waals surface area contributed by atoms with Gasteiger partial charge in [-0.3, -0.25) is 28.4 Å². The van der Waals surface area contributed by atoms with Gasteiger partial charge in [-0.1, -0.05) is 55.2 Å². The van der Waals surface area contributed by atoms with Crippen molar-refractivity contribution in [2.45, 2.75) is 52.5 Å². The lowest BCUT2D eigenvalue weighted by Crippen LogP contribution is -2.33. The molecule has 0 unspecified atom stereocenters. The van der Waals surface area contributed by atoms with E-state index >= 15 is 0 Å². The summed E-state index contributed by atoms with van der Waals surface area (Å²) in [5.41, 5.74) is 2.59. The monoisotopic (exact) mass is 600 g/mol. The highest BCUT2D eigenvalue weighted by atomic mass is 32.2. The van der Waals surface area contributed by atoms with Crippen LogP contribution in [0.15, 0.2) is 63.2 Å². The predicted molar refractivity (Wildman–Crippen MR) is 173 cm³/mol. The summed E-state index contributed by atoms with van der Waals surface area (Å²) in [6.45, 7) is 5.97. The minimum Gasteiger partial charge on any atom is -0.367 e. The summed E-state index contributed by atoms with van der Waals surface area (Å²) < 4.78 is 4.97. The molecule has 4 aromatic rings. The number of aromatic nitrogens is 4. The molecule has 0 spiro atoms. The van der Waals surface area contributed by atoms with E-state index in [1.165, 1.54) is 14.0 Å². The zero-order valence-electron chi connectivity index (χ0n) is 24.0. The first-order valence-corrected chi connectivity index (χ1v) is 15.3. The van der Waals surface area contributed by atoms with Crippen LogP contribution < -0.4 is 21.3 Å². The molecule has 0 atom stereocenters. The molecule has 1 aliphatic heterocycles. The van der Waals surface area contributed by atoms with E-state index in [0.717, 1.165) is 43.0 Å². The number of rotatable bonds is 5. The lowest BCUT2D eigenvalue weighted by molar-refractivity contribution is -0.113. The molecule has 2 fully saturated rings. The fraction of sp³-hybridized carbons (Fsp3) is 0.323. The van der Waals surface area contributed by atoms with Gasteiger partial charge in [-0.2, -0.15) is 0 Å². The highest BCUT2D eigenvalue weighted by Crippen LogP contribution is 2.37. The molecule has 0 bridgehead atoms. The molecule has 2 aliphatic rings. The molecular weight excluding hydrogens is 569 g/mol. The standard InChI is InChI=1S/C31H32N6O3S2/c1-18-12-14-21(15-13-18)32-26-23(28(38)35-16-8-9-19(2)27(35)33-26)17-24-29(39)36(31(41)42-24)25-20(3)34(4)37(30(25)40)22-10-6-5-7-11-22/h5-11,16-18,21,32H,12-15H2,1-4H3/b24-17+.